The van der Waals surface area contributed by atoms with Crippen LogP contribution < -0.4 is 4.90 Å². The van der Waals surface area contributed by atoms with E-state index in [2.05, 4.69) is 16.0 Å². The van der Waals surface area contributed by atoms with Gasteiger partial charge < -0.3 is 9.80 Å². The Kier molecular flexibility index (Phi) is 4.97. The Labute approximate surface area is 146 Å². The van der Waals surface area contributed by atoms with Crippen LogP contribution in [0.3, 0.4) is 0 Å². The number of anilines is 1. The molecule has 1 amide bonds. The van der Waals surface area contributed by atoms with Gasteiger partial charge in [-0.25, -0.2) is 4.98 Å². The number of rotatable bonds is 3. The normalized spacial score (nSPS) is 14.3. The van der Waals surface area contributed by atoms with Crippen molar-refractivity contribution in [3.8, 4) is 6.07 Å². The summed E-state index contributed by atoms with van der Waals surface area (Å²) in [6.07, 6.45) is 1.90. The van der Waals surface area contributed by atoms with Crippen LogP contribution in [-0.4, -0.2) is 42.0 Å². The first kappa shape index (κ1) is 16.3. The zero-order chi connectivity index (χ0) is 16.9. The molecule has 1 aliphatic rings. The Morgan fingerprint density at radius 3 is 2.54 bits per heavy atom. The summed E-state index contributed by atoms with van der Waals surface area (Å²) < 4.78 is 0. The van der Waals surface area contributed by atoms with Gasteiger partial charge in [0.2, 0.25) is 5.91 Å². The van der Waals surface area contributed by atoms with E-state index >= 15 is 0 Å². The van der Waals surface area contributed by atoms with Gasteiger partial charge in [0.1, 0.15) is 11.9 Å². The summed E-state index contributed by atoms with van der Waals surface area (Å²) in [4.78, 5) is 20.7. The van der Waals surface area contributed by atoms with Gasteiger partial charge in [-0.15, -0.1) is 0 Å². The molecule has 122 valence electrons. The molecule has 2 aromatic rings. The maximum absolute atomic E-state index is 12.4. The summed E-state index contributed by atoms with van der Waals surface area (Å²) in [6, 6.07) is 13.1. The van der Waals surface area contributed by atoms with Gasteiger partial charge in [0.05, 0.1) is 12.0 Å². The van der Waals surface area contributed by atoms with Crippen LogP contribution in [0, 0.1) is 11.3 Å². The number of carbonyl (C=O) groups is 1. The average molecular weight is 341 g/mol. The van der Waals surface area contributed by atoms with Crippen molar-refractivity contribution in [2.24, 2.45) is 0 Å². The molecule has 0 atom stereocenters. The predicted octanol–water partition coefficient (Wildman–Crippen LogP) is 2.50. The van der Waals surface area contributed by atoms with Crippen LogP contribution in [0.1, 0.15) is 11.1 Å². The molecule has 0 spiro atoms. The van der Waals surface area contributed by atoms with Crippen LogP contribution in [0.15, 0.2) is 42.6 Å². The third kappa shape index (κ3) is 3.66. The third-order valence-corrected chi connectivity index (χ3v) is 4.50. The summed E-state index contributed by atoms with van der Waals surface area (Å²) in [5.74, 6) is 0.933. The molecule has 1 aromatic carbocycles. The van der Waals surface area contributed by atoms with Gasteiger partial charge in [-0.05, 0) is 23.8 Å². The molecule has 0 bridgehead atoms. The van der Waals surface area contributed by atoms with Gasteiger partial charge in [-0.2, -0.15) is 5.26 Å². The van der Waals surface area contributed by atoms with Crippen LogP contribution in [0.2, 0.25) is 5.02 Å². The number of benzene rings is 1. The smallest absolute Gasteiger partial charge is 0.227 e. The molecular formula is C18H17ClN4O. The Balaban J connectivity index is 1.57. The Hall–Kier alpha value is -2.58. The van der Waals surface area contributed by atoms with Crippen molar-refractivity contribution < 1.29 is 4.79 Å². The van der Waals surface area contributed by atoms with Crippen LogP contribution in [0.5, 0.6) is 0 Å². The lowest BCUT2D eigenvalue weighted by Crippen LogP contribution is -2.49. The van der Waals surface area contributed by atoms with Crippen LogP contribution in [-0.2, 0) is 11.2 Å². The maximum atomic E-state index is 12.4. The number of piperazine rings is 1. The van der Waals surface area contributed by atoms with Gasteiger partial charge in [0.15, 0.2) is 0 Å². The molecule has 3 rings (SSSR count). The highest BCUT2D eigenvalue weighted by molar-refractivity contribution is 6.31. The van der Waals surface area contributed by atoms with Gasteiger partial charge in [0, 0.05) is 37.4 Å². The fourth-order valence-electron chi connectivity index (χ4n) is 2.74. The van der Waals surface area contributed by atoms with Gasteiger partial charge >= 0.3 is 0 Å². The highest BCUT2D eigenvalue weighted by atomic mass is 35.5. The van der Waals surface area contributed by atoms with E-state index in [1.807, 2.05) is 29.2 Å². The lowest BCUT2D eigenvalue weighted by molar-refractivity contribution is -0.130. The first-order valence-corrected chi connectivity index (χ1v) is 8.17. The SMILES string of the molecule is N#Cc1ccc(N2CCN(C(=O)Cc3ccccc3Cl)CC2)nc1. The molecule has 5 nitrogen and oxygen atoms in total. The highest BCUT2D eigenvalue weighted by Crippen LogP contribution is 2.18. The molecule has 0 unspecified atom stereocenters. The van der Waals surface area contributed by atoms with E-state index < -0.39 is 0 Å². The number of amides is 1. The molecule has 6 heteroatoms. The van der Waals surface area contributed by atoms with Crippen molar-refractivity contribution in [2.45, 2.75) is 6.42 Å². The standard InChI is InChI=1S/C18H17ClN4O/c19-16-4-2-1-3-15(16)11-18(24)23-9-7-22(8-10-23)17-6-5-14(12-20)13-21-17/h1-6,13H,7-11H2. The molecule has 24 heavy (non-hydrogen) atoms. The fourth-order valence-corrected chi connectivity index (χ4v) is 2.94. The molecule has 1 aliphatic heterocycles. The molecule has 1 aromatic heterocycles. The Morgan fingerprint density at radius 1 is 1.17 bits per heavy atom. The minimum Gasteiger partial charge on any atom is -0.353 e. The van der Waals surface area contributed by atoms with E-state index in [0.29, 0.717) is 30.1 Å². The molecule has 2 heterocycles. The largest absolute Gasteiger partial charge is 0.353 e. The van der Waals surface area contributed by atoms with E-state index in [9.17, 15) is 4.79 Å². The first-order valence-electron chi connectivity index (χ1n) is 7.79. The van der Waals surface area contributed by atoms with Crippen molar-refractivity contribution in [1.82, 2.24) is 9.88 Å². The predicted molar refractivity (Wildman–Crippen MR) is 92.9 cm³/mol. The second-order valence-corrected chi connectivity index (χ2v) is 6.06. The van der Waals surface area contributed by atoms with Crippen molar-refractivity contribution in [3.05, 3.63) is 58.7 Å². The van der Waals surface area contributed by atoms with Gasteiger partial charge in [0.25, 0.3) is 0 Å². The minimum absolute atomic E-state index is 0.0931. The summed E-state index contributed by atoms with van der Waals surface area (Å²) >= 11 is 6.13. The topological polar surface area (TPSA) is 60.2 Å². The van der Waals surface area contributed by atoms with E-state index in [1.165, 1.54) is 0 Å². The summed E-state index contributed by atoms with van der Waals surface area (Å²) in [7, 11) is 0. The summed E-state index contributed by atoms with van der Waals surface area (Å²) in [5, 5.41) is 9.45. The molecule has 1 saturated heterocycles. The van der Waals surface area contributed by atoms with Crippen molar-refractivity contribution in [2.75, 3.05) is 31.1 Å². The quantitative estimate of drug-likeness (QED) is 0.861. The number of nitriles is 1. The van der Waals surface area contributed by atoms with Crippen molar-refractivity contribution >= 4 is 23.3 Å². The van der Waals surface area contributed by atoms with Crippen LogP contribution in [0.4, 0.5) is 5.82 Å². The van der Waals surface area contributed by atoms with E-state index in [4.69, 9.17) is 16.9 Å². The second kappa shape index (κ2) is 7.33. The number of carbonyl (C=O) groups excluding carboxylic acids is 1. The molecular weight excluding hydrogens is 324 g/mol. The third-order valence-electron chi connectivity index (χ3n) is 4.13. The lowest BCUT2D eigenvalue weighted by Gasteiger charge is -2.35. The lowest BCUT2D eigenvalue weighted by atomic mass is 10.1. The van der Waals surface area contributed by atoms with Crippen LogP contribution in [0.25, 0.3) is 0 Å². The number of nitrogens with zero attached hydrogens (tertiary/aromatic N) is 4. The number of aromatic nitrogens is 1. The first-order chi connectivity index (χ1) is 11.7. The fraction of sp³-hybridized carbons (Fsp3) is 0.278. The number of hydrogen-bond donors (Lipinski definition) is 0. The second-order valence-electron chi connectivity index (χ2n) is 5.65. The van der Waals surface area contributed by atoms with E-state index in [-0.39, 0.29) is 5.91 Å². The van der Waals surface area contributed by atoms with Crippen molar-refractivity contribution in [3.63, 3.8) is 0 Å². The molecule has 0 aliphatic carbocycles. The zero-order valence-electron chi connectivity index (χ0n) is 13.2. The summed E-state index contributed by atoms with van der Waals surface area (Å²) in [6.45, 7) is 2.77. The Morgan fingerprint density at radius 2 is 1.92 bits per heavy atom. The highest BCUT2D eigenvalue weighted by Gasteiger charge is 2.22. The van der Waals surface area contributed by atoms with Gasteiger partial charge in [-0.1, -0.05) is 29.8 Å². The maximum Gasteiger partial charge on any atom is 0.227 e. The summed E-state index contributed by atoms with van der Waals surface area (Å²) in [5.41, 5.74) is 1.41. The number of pyridine rings is 1. The molecule has 0 saturated carbocycles. The number of hydrogen-bond acceptors (Lipinski definition) is 4. The molecule has 0 N–H and O–H groups in total. The van der Waals surface area contributed by atoms with Crippen molar-refractivity contribution in [1.29, 1.82) is 5.26 Å². The number of halogens is 1. The monoisotopic (exact) mass is 340 g/mol. The molecule has 1 fully saturated rings. The van der Waals surface area contributed by atoms with E-state index in [1.54, 1.807) is 18.3 Å². The van der Waals surface area contributed by atoms with Gasteiger partial charge in [-0.3, -0.25) is 4.79 Å². The molecule has 0 radical (unpaired) electrons. The minimum atomic E-state index is 0.0931. The van der Waals surface area contributed by atoms with E-state index in [0.717, 1.165) is 24.5 Å². The Bertz CT molecular complexity index is 761. The zero-order valence-corrected chi connectivity index (χ0v) is 13.9. The average Bonchev–Trinajstić information content (AvgIpc) is 2.64. The van der Waals surface area contributed by atoms with Crippen LogP contribution >= 0.6 is 11.6 Å².